The van der Waals surface area contributed by atoms with Crippen LogP contribution >= 0.6 is 0 Å². The summed E-state index contributed by atoms with van der Waals surface area (Å²) in [5, 5.41) is 0. The molecule has 0 aliphatic carbocycles. The van der Waals surface area contributed by atoms with Gasteiger partial charge >= 0.3 is 0 Å². The van der Waals surface area contributed by atoms with Crippen LogP contribution in [-0.2, 0) is 9.53 Å². The Morgan fingerprint density at radius 1 is 1.55 bits per heavy atom. The summed E-state index contributed by atoms with van der Waals surface area (Å²) < 4.78 is 5.48. The summed E-state index contributed by atoms with van der Waals surface area (Å²) in [4.78, 5) is 10.4. The molecule has 0 radical (unpaired) electrons. The first kappa shape index (κ1) is 8.72. The quantitative estimate of drug-likeness (QED) is 0.580. The van der Waals surface area contributed by atoms with Crippen molar-refractivity contribution in [2.24, 2.45) is 11.8 Å². The van der Waals surface area contributed by atoms with E-state index in [1.165, 1.54) is 0 Å². The zero-order valence-corrected chi connectivity index (χ0v) is 7.25. The fourth-order valence-electron chi connectivity index (χ4n) is 1.48. The number of aldehydes is 1. The van der Waals surface area contributed by atoms with Gasteiger partial charge in [0.2, 0.25) is 0 Å². The molecule has 2 heteroatoms. The smallest absolute Gasteiger partial charge is 0.123 e. The van der Waals surface area contributed by atoms with Crippen LogP contribution in [-0.4, -0.2) is 19.0 Å². The first-order valence-corrected chi connectivity index (χ1v) is 4.32. The van der Waals surface area contributed by atoms with Crippen LogP contribution in [0.5, 0.6) is 0 Å². The Hall–Kier alpha value is -0.370. The second-order valence-corrected chi connectivity index (χ2v) is 3.41. The van der Waals surface area contributed by atoms with Gasteiger partial charge in [-0.25, -0.2) is 0 Å². The van der Waals surface area contributed by atoms with Crippen LogP contribution in [0.25, 0.3) is 0 Å². The number of ether oxygens (including phenoxy) is 1. The van der Waals surface area contributed by atoms with Crippen LogP contribution in [0.3, 0.4) is 0 Å². The number of hydrogen-bond acceptors (Lipinski definition) is 2. The van der Waals surface area contributed by atoms with Crippen LogP contribution in [0.2, 0.25) is 0 Å². The summed E-state index contributed by atoms with van der Waals surface area (Å²) in [7, 11) is 0. The third-order valence-corrected chi connectivity index (χ3v) is 2.60. The molecule has 3 atom stereocenters. The minimum atomic E-state index is 0.137. The van der Waals surface area contributed by atoms with Gasteiger partial charge in [0.25, 0.3) is 0 Å². The van der Waals surface area contributed by atoms with Crippen molar-refractivity contribution in [3.63, 3.8) is 0 Å². The monoisotopic (exact) mass is 156 g/mol. The van der Waals surface area contributed by atoms with Gasteiger partial charge in [-0.1, -0.05) is 13.8 Å². The lowest BCUT2D eigenvalue weighted by Crippen LogP contribution is -2.23. The van der Waals surface area contributed by atoms with Gasteiger partial charge in [0, 0.05) is 12.5 Å². The fraction of sp³-hybridized carbons (Fsp3) is 0.889. The van der Waals surface area contributed by atoms with Crippen molar-refractivity contribution in [1.29, 1.82) is 0 Å². The SMILES string of the molecule is C[C@@H]([C@H](C)C=O)[C@H]1CCCO1. The molecule has 0 unspecified atom stereocenters. The Bertz CT molecular complexity index is 128. The standard InChI is InChI=1S/C9H16O2/c1-7(6-10)8(2)9-4-3-5-11-9/h6-9H,3-5H2,1-2H3/t7-,8+,9-/m1/s1. The number of rotatable bonds is 3. The Kier molecular flexibility index (Phi) is 3.06. The molecule has 0 saturated carbocycles. The van der Waals surface area contributed by atoms with E-state index in [2.05, 4.69) is 6.92 Å². The van der Waals surface area contributed by atoms with Crippen molar-refractivity contribution in [1.82, 2.24) is 0 Å². The Balaban J connectivity index is 2.38. The van der Waals surface area contributed by atoms with Crippen LogP contribution < -0.4 is 0 Å². The highest BCUT2D eigenvalue weighted by Crippen LogP contribution is 2.24. The van der Waals surface area contributed by atoms with E-state index in [0.717, 1.165) is 25.7 Å². The average Bonchev–Trinajstić information content (AvgIpc) is 2.53. The van der Waals surface area contributed by atoms with Gasteiger partial charge in [0.05, 0.1) is 6.10 Å². The summed E-state index contributed by atoms with van der Waals surface area (Å²) in [6.07, 6.45) is 3.63. The van der Waals surface area contributed by atoms with E-state index in [9.17, 15) is 4.79 Å². The molecular formula is C9H16O2. The van der Waals surface area contributed by atoms with Crippen LogP contribution in [0.1, 0.15) is 26.7 Å². The molecule has 1 saturated heterocycles. The van der Waals surface area contributed by atoms with E-state index in [4.69, 9.17) is 4.74 Å². The summed E-state index contributed by atoms with van der Waals surface area (Å²) in [5.41, 5.74) is 0. The fourth-order valence-corrected chi connectivity index (χ4v) is 1.48. The summed E-state index contributed by atoms with van der Waals surface area (Å²) in [6, 6.07) is 0. The van der Waals surface area contributed by atoms with Crippen molar-refractivity contribution in [3.05, 3.63) is 0 Å². The molecule has 1 aliphatic rings. The lowest BCUT2D eigenvalue weighted by atomic mass is 9.90. The van der Waals surface area contributed by atoms with Gasteiger partial charge in [-0.3, -0.25) is 0 Å². The van der Waals surface area contributed by atoms with Crippen LogP contribution in [0.4, 0.5) is 0 Å². The molecule has 0 N–H and O–H groups in total. The van der Waals surface area contributed by atoms with E-state index in [1.807, 2.05) is 6.92 Å². The van der Waals surface area contributed by atoms with E-state index < -0.39 is 0 Å². The predicted molar refractivity (Wildman–Crippen MR) is 43.4 cm³/mol. The van der Waals surface area contributed by atoms with Crippen molar-refractivity contribution < 1.29 is 9.53 Å². The van der Waals surface area contributed by atoms with Gasteiger partial charge < -0.3 is 9.53 Å². The topological polar surface area (TPSA) is 26.3 Å². The van der Waals surface area contributed by atoms with E-state index in [1.54, 1.807) is 0 Å². The van der Waals surface area contributed by atoms with E-state index in [-0.39, 0.29) is 5.92 Å². The van der Waals surface area contributed by atoms with Crippen molar-refractivity contribution in [3.8, 4) is 0 Å². The molecule has 2 nitrogen and oxygen atoms in total. The van der Waals surface area contributed by atoms with Crippen molar-refractivity contribution >= 4 is 6.29 Å². The largest absolute Gasteiger partial charge is 0.378 e. The first-order chi connectivity index (χ1) is 5.25. The van der Waals surface area contributed by atoms with Gasteiger partial charge in [0.1, 0.15) is 6.29 Å². The molecular weight excluding hydrogens is 140 g/mol. The Morgan fingerprint density at radius 2 is 2.27 bits per heavy atom. The molecule has 0 amide bonds. The third-order valence-electron chi connectivity index (χ3n) is 2.60. The second-order valence-electron chi connectivity index (χ2n) is 3.41. The molecule has 0 bridgehead atoms. The number of carbonyl (C=O) groups excluding carboxylic acids is 1. The predicted octanol–water partition coefficient (Wildman–Crippen LogP) is 1.64. The highest BCUT2D eigenvalue weighted by Gasteiger charge is 2.25. The minimum Gasteiger partial charge on any atom is -0.378 e. The minimum absolute atomic E-state index is 0.137. The maximum Gasteiger partial charge on any atom is 0.123 e. The summed E-state index contributed by atoms with van der Waals surface area (Å²) >= 11 is 0. The Labute approximate surface area is 67.9 Å². The number of hydrogen-bond donors (Lipinski definition) is 0. The summed E-state index contributed by atoms with van der Waals surface area (Å²) in [6.45, 7) is 4.93. The van der Waals surface area contributed by atoms with Gasteiger partial charge in [-0.2, -0.15) is 0 Å². The van der Waals surface area contributed by atoms with Crippen molar-refractivity contribution in [2.75, 3.05) is 6.61 Å². The molecule has 0 aromatic rings. The zero-order valence-electron chi connectivity index (χ0n) is 7.25. The van der Waals surface area contributed by atoms with E-state index in [0.29, 0.717) is 12.0 Å². The maximum atomic E-state index is 10.4. The second kappa shape index (κ2) is 3.86. The van der Waals surface area contributed by atoms with E-state index >= 15 is 0 Å². The zero-order chi connectivity index (χ0) is 8.27. The van der Waals surface area contributed by atoms with Crippen molar-refractivity contribution in [2.45, 2.75) is 32.8 Å². The van der Waals surface area contributed by atoms with Gasteiger partial charge in [-0.05, 0) is 18.8 Å². The number of carbonyl (C=O) groups is 1. The van der Waals surface area contributed by atoms with Crippen LogP contribution in [0.15, 0.2) is 0 Å². The molecule has 1 fully saturated rings. The first-order valence-electron chi connectivity index (χ1n) is 4.32. The van der Waals surface area contributed by atoms with Gasteiger partial charge in [-0.15, -0.1) is 0 Å². The molecule has 0 aromatic carbocycles. The normalized spacial score (nSPS) is 29.8. The lowest BCUT2D eigenvalue weighted by Gasteiger charge is -2.20. The molecule has 0 aromatic heterocycles. The molecule has 11 heavy (non-hydrogen) atoms. The average molecular weight is 156 g/mol. The summed E-state index contributed by atoms with van der Waals surface area (Å²) in [5.74, 6) is 0.521. The molecule has 1 aliphatic heterocycles. The molecule has 64 valence electrons. The molecule has 1 rings (SSSR count). The highest BCUT2D eigenvalue weighted by atomic mass is 16.5. The highest BCUT2D eigenvalue weighted by molar-refractivity contribution is 5.53. The molecule has 1 heterocycles. The van der Waals surface area contributed by atoms with Gasteiger partial charge in [0.15, 0.2) is 0 Å². The molecule has 0 spiro atoms. The third kappa shape index (κ3) is 2.03. The lowest BCUT2D eigenvalue weighted by molar-refractivity contribution is -0.113. The maximum absolute atomic E-state index is 10.4. The van der Waals surface area contributed by atoms with Crippen LogP contribution in [0, 0.1) is 11.8 Å². The Morgan fingerprint density at radius 3 is 2.73 bits per heavy atom.